The van der Waals surface area contributed by atoms with Gasteiger partial charge < -0.3 is 0 Å². The molecular weight excluding hydrogens is 159 g/mol. The Morgan fingerprint density at radius 2 is 1.75 bits per heavy atom. The van der Waals surface area contributed by atoms with Crippen LogP contribution in [0, 0.1) is 5.92 Å². The molecule has 0 amide bonds. The molecule has 0 heterocycles. The Kier molecular flexibility index (Phi) is 3.55. The molecule has 12 heavy (non-hydrogen) atoms. The van der Waals surface area contributed by atoms with Crippen molar-refractivity contribution in [3.63, 3.8) is 0 Å². The molecule has 0 aromatic carbocycles. The fourth-order valence-corrected chi connectivity index (χ4v) is 0.573. The number of rotatable bonds is 4. The minimum atomic E-state index is -1.88. The molecule has 0 aliphatic heterocycles. The second-order valence-electron chi connectivity index (χ2n) is 3.69. The van der Waals surface area contributed by atoms with Gasteiger partial charge in [0.05, 0.1) is 6.42 Å². The van der Waals surface area contributed by atoms with E-state index in [1.807, 2.05) is 0 Å². The molecular formula is C9H15FO2. The van der Waals surface area contributed by atoms with Crippen molar-refractivity contribution in [2.45, 2.75) is 39.8 Å². The van der Waals surface area contributed by atoms with E-state index in [0.29, 0.717) is 0 Å². The summed E-state index contributed by atoms with van der Waals surface area (Å²) in [4.78, 5) is 22.0. The number of carbonyl (C=O) groups is 2. The first-order valence-electron chi connectivity index (χ1n) is 4.00. The molecule has 0 saturated heterocycles. The Morgan fingerprint density at radius 3 is 2.00 bits per heavy atom. The van der Waals surface area contributed by atoms with E-state index in [4.69, 9.17) is 0 Å². The smallest absolute Gasteiger partial charge is 0.176 e. The van der Waals surface area contributed by atoms with E-state index in [2.05, 4.69) is 0 Å². The molecule has 0 N–H and O–H groups in total. The average molecular weight is 174 g/mol. The number of alkyl halides is 1. The van der Waals surface area contributed by atoms with Crippen LogP contribution in [0.15, 0.2) is 0 Å². The molecule has 0 aromatic rings. The second kappa shape index (κ2) is 3.78. The standard InChI is InChI=1S/C9H15FO2/c1-6(2)7(11)5-8(12)9(3,4)10/h6H,5H2,1-4H3. The molecule has 2 nitrogen and oxygen atoms in total. The molecule has 0 fully saturated rings. The first-order valence-corrected chi connectivity index (χ1v) is 4.00. The predicted octanol–water partition coefficient (Wildman–Crippen LogP) is 1.92. The van der Waals surface area contributed by atoms with Crippen LogP contribution in [0.4, 0.5) is 4.39 Å². The Balaban J connectivity index is 4.12. The highest BCUT2D eigenvalue weighted by Crippen LogP contribution is 2.13. The van der Waals surface area contributed by atoms with Crippen molar-refractivity contribution < 1.29 is 14.0 Å². The van der Waals surface area contributed by atoms with Crippen LogP contribution >= 0.6 is 0 Å². The lowest BCUT2D eigenvalue weighted by molar-refractivity contribution is -0.134. The van der Waals surface area contributed by atoms with Gasteiger partial charge in [0.2, 0.25) is 0 Å². The highest BCUT2D eigenvalue weighted by atomic mass is 19.1. The van der Waals surface area contributed by atoms with E-state index >= 15 is 0 Å². The van der Waals surface area contributed by atoms with Crippen LogP contribution in [0.1, 0.15) is 34.1 Å². The summed E-state index contributed by atoms with van der Waals surface area (Å²) in [6.45, 7) is 5.73. The maximum atomic E-state index is 12.9. The molecule has 0 unspecified atom stereocenters. The summed E-state index contributed by atoms with van der Waals surface area (Å²) in [5.41, 5.74) is -1.88. The average Bonchev–Trinajstić information content (AvgIpc) is 1.85. The third kappa shape index (κ3) is 3.60. The zero-order valence-electron chi connectivity index (χ0n) is 7.98. The van der Waals surface area contributed by atoms with Crippen LogP contribution in [0.25, 0.3) is 0 Å². The van der Waals surface area contributed by atoms with Gasteiger partial charge in [-0.2, -0.15) is 0 Å². The maximum absolute atomic E-state index is 12.9. The number of halogens is 1. The second-order valence-corrected chi connectivity index (χ2v) is 3.69. The van der Waals surface area contributed by atoms with E-state index < -0.39 is 11.5 Å². The van der Waals surface area contributed by atoms with E-state index in [-0.39, 0.29) is 18.1 Å². The lowest BCUT2D eigenvalue weighted by atomic mass is 9.96. The molecule has 0 bridgehead atoms. The summed E-state index contributed by atoms with van der Waals surface area (Å²) < 4.78 is 12.9. The third-order valence-corrected chi connectivity index (χ3v) is 1.64. The molecule has 70 valence electrons. The Labute approximate surface area is 72.1 Å². The number of hydrogen-bond donors (Lipinski definition) is 0. The van der Waals surface area contributed by atoms with Crippen molar-refractivity contribution in [1.29, 1.82) is 0 Å². The van der Waals surface area contributed by atoms with E-state index in [1.54, 1.807) is 13.8 Å². The van der Waals surface area contributed by atoms with E-state index in [9.17, 15) is 14.0 Å². The first-order chi connectivity index (χ1) is 5.25. The molecule has 0 rings (SSSR count). The minimum Gasteiger partial charge on any atom is -0.299 e. The van der Waals surface area contributed by atoms with Crippen LogP contribution in [0.5, 0.6) is 0 Å². The third-order valence-electron chi connectivity index (χ3n) is 1.64. The Hall–Kier alpha value is -0.730. The molecule has 0 spiro atoms. The molecule has 0 atom stereocenters. The maximum Gasteiger partial charge on any atom is 0.176 e. The van der Waals surface area contributed by atoms with Gasteiger partial charge >= 0.3 is 0 Å². The van der Waals surface area contributed by atoms with Gasteiger partial charge in [0, 0.05) is 5.92 Å². The van der Waals surface area contributed by atoms with Crippen molar-refractivity contribution in [1.82, 2.24) is 0 Å². The zero-order valence-corrected chi connectivity index (χ0v) is 7.98. The number of carbonyl (C=O) groups excluding carboxylic acids is 2. The van der Waals surface area contributed by atoms with E-state index in [1.165, 1.54) is 13.8 Å². The lowest BCUT2D eigenvalue weighted by Gasteiger charge is -2.12. The van der Waals surface area contributed by atoms with Gasteiger partial charge in [-0.3, -0.25) is 9.59 Å². The van der Waals surface area contributed by atoms with Gasteiger partial charge in [-0.25, -0.2) is 4.39 Å². The zero-order chi connectivity index (χ0) is 9.94. The van der Waals surface area contributed by atoms with Crippen LogP contribution in [0.3, 0.4) is 0 Å². The highest BCUT2D eigenvalue weighted by Gasteiger charge is 2.28. The minimum absolute atomic E-state index is 0.198. The first kappa shape index (κ1) is 11.3. The van der Waals surface area contributed by atoms with Crippen LogP contribution in [-0.2, 0) is 9.59 Å². The van der Waals surface area contributed by atoms with Gasteiger partial charge in [0.25, 0.3) is 0 Å². The van der Waals surface area contributed by atoms with Crippen molar-refractivity contribution in [2.75, 3.05) is 0 Å². The van der Waals surface area contributed by atoms with Gasteiger partial charge in [0.15, 0.2) is 11.5 Å². The lowest BCUT2D eigenvalue weighted by Crippen LogP contribution is -2.29. The normalized spacial score (nSPS) is 11.8. The van der Waals surface area contributed by atoms with Crippen molar-refractivity contribution >= 4 is 11.6 Å². The number of ketones is 2. The number of hydrogen-bond acceptors (Lipinski definition) is 2. The van der Waals surface area contributed by atoms with Gasteiger partial charge in [-0.05, 0) is 13.8 Å². The van der Waals surface area contributed by atoms with Gasteiger partial charge in [0.1, 0.15) is 5.78 Å². The van der Waals surface area contributed by atoms with Crippen molar-refractivity contribution in [2.24, 2.45) is 5.92 Å². The summed E-state index contributed by atoms with van der Waals surface area (Å²) in [6, 6.07) is 0. The van der Waals surface area contributed by atoms with Crippen LogP contribution < -0.4 is 0 Å². The summed E-state index contributed by atoms with van der Waals surface area (Å²) in [7, 11) is 0. The number of Topliss-reactive ketones (excluding diaryl/α,β-unsaturated/α-hetero) is 2. The van der Waals surface area contributed by atoms with Crippen LogP contribution in [-0.4, -0.2) is 17.2 Å². The summed E-state index contributed by atoms with van der Waals surface area (Å²) in [6.07, 6.45) is -0.291. The monoisotopic (exact) mass is 174 g/mol. The molecule has 0 saturated carbocycles. The fraction of sp³-hybridized carbons (Fsp3) is 0.778. The van der Waals surface area contributed by atoms with Crippen LogP contribution in [0.2, 0.25) is 0 Å². The molecule has 0 radical (unpaired) electrons. The van der Waals surface area contributed by atoms with Crippen molar-refractivity contribution in [3.05, 3.63) is 0 Å². The van der Waals surface area contributed by atoms with E-state index in [0.717, 1.165) is 0 Å². The Bertz CT molecular complexity index is 189. The van der Waals surface area contributed by atoms with Crippen molar-refractivity contribution in [3.8, 4) is 0 Å². The SMILES string of the molecule is CC(C)C(=O)CC(=O)C(C)(C)F. The highest BCUT2D eigenvalue weighted by molar-refractivity contribution is 6.03. The summed E-state index contributed by atoms with van der Waals surface area (Å²) in [5, 5.41) is 0. The largest absolute Gasteiger partial charge is 0.299 e. The quantitative estimate of drug-likeness (QED) is 0.610. The Morgan fingerprint density at radius 1 is 1.33 bits per heavy atom. The summed E-state index contributed by atoms with van der Waals surface area (Å²) in [5.74, 6) is -1.04. The van der Waals surface area contributed by atoms with Gasteiger partial charge in [-0.15, -0.1) is 0 Å². The predicted molar refractivity (Wildman–Crippen MR) is 44.7 cm³/mol. The summed E-state index contributed by atoms with van der Waals surface area (Å²) >= 11 is 0. The topological polar surface area (TPSA) is 34.1 Å². The molecule has 0 aliphatic carbocycles. The van der Waals surface area contributed by atoms with Gasteiger partial charge in [-0.1, -0.05) is 13.8 Å². The molecule has 0 aromatic heterocycles. The molecule has 3 heteroatoms. The fourth-order valence-electron chi connectivity index (χ4n) is 0.573. The molecule has 0 aliphatic rings.